The first kappa shape index (κ1) is 12.1. The van der Waals surface area contributed by atoms with Crippen LogP contribution in [-0.2, 0) is 5.41 Å². The number of rotatable bonds is 1. The van der Waals surface area contributed by atoms with Gasteiger partial charge in [0.2, 0.25) is 0 Å². The molecule has 0 N–H and O–H groups in total. The van der Waals surface area contributed by atoms with Crippen LogP contribution in [0.15, 0.2) is 30.3 Å². The van der Waals surface area contributed by atoms with Crippen molar-refractivity contribution in [3.05, 3.63) is 35.9 Å². The number of hydrogen-bond acceptors (Lipinski definition) is 0. The van der Waals surface area contributed by atoms with Crippen molar-refractivity contribution < 1.29 is 0 Å². The summed E-state index contributed by atoms with van der Waals surface area (Å²) in [7, 11) is 0. The van der Waals surface area contributed by atoms with Crippen molar-refractivity contribution in [1.82, 2.24) is 0 Å². The highest BCUT2D eigenvalue weighted by atomic mass is 35.5. The molecule has 0 radical (unpaired) electrons. The summed E-state index contributed by atoms with van der Waals surface area (Å²) in [6.07, 6.45) is 4.39. The fourth-order valence-electron chi connectivity index (χ4n) is 3.56. The van der Waals surface area contributed by atoms with Gasteiger partial charge in [0.05, 0.1) is 5.38 Å². The van der Waals surface area contributed by atoms with Crippen molar-refractivity contribution in [3.8, 4) is 0 Å². The van der Waals surface area contributed by atoms with Gasteiger partial charge in [-0.3, -0.25) is 0 Å². The minimum absolute atomic E-state index is 0.131. The second-order valence-electron chi connectivity index (χ2n) is 5.31. The van der Waals surface area contributed by atoms with Gasteiger partial charge in [0.25, 0.3) is 0 Å². The van der Waals surface area contributed by atoms with Crippen molar-refractivity contribution >= 4 is 34.8 Å². The molecule has 3 saturated carbocycles. The average molecular weight is 290 g/mol. The number of alkyl halides is 3. The second kappa shape index (κ2) is 4.05. The third kappa shape index (κ3) is 1.57. The quantitative estimate of drug-likeness (QED) is 0.644. The maximum absolute atomic E-state index is 6.64. The summed E-state index contributed by atoms with van der Waals surface area (Å²) in [6, 6.07) is 10.4. The van der Waals surface area contributed by atoms with Crippen LogP contribution in [0.25, 0.3) is 0 Å². The highest BCUT2D eigenvalue weighted by Gasteiger charge is 2.62. The van der Waals surface area contributed by atoms with Crippen LogP contribution < -0.4 is 0 Å². The Hall–Kier alpha value is 0.0900. The fourth-order valence-corrected chi connectivity index (χ4v) is 4.97. The summed E-state index contributed by atoms with van der Waals surface area (Å²) in [4.78, 5) is 0. The smallest absolute Gasteiger partial charge is 0.119 e. The lowest BCUT2D eigenvalue weighted by atomic mass is 9.57. The molecule has 17 heavy (non-hydrogen) atoms. The molecule has 0 nitrogen and oxygen atoms in total. The van der Waals surface area contributed by atoms with Gasteiger partial charge in [0, 0.05) is 5.41 Å². The van der Waals surface area contributed by atoms with Gasteiger partial charge in [-0.2, -0.15) is 0 Å². The monoisotopic (exact) mass is 288 g/mol. The van der Waals surface area contributed by atoms with Crippen LogP contribution in [0.4, 0.5) is 0 Å². The van der Waals surface area contributed by atoms with Crippen LogP contribution in [0.3, 0.4) is 0 Å². The van der Waals surface area contributed by atoms with E-state index in [-0.39, 0.29) is 10.8 Å². The molecule has 1 aromatic carbocycles. The molecule has 1 aromatic rings. The zero-order valence-corrected chi connectivity index (χ0v) is 11.8. The van der Waals surface area contributed by atoms with E-state index in [9.17, 15) is 0 Å². The van der Waals surface area contributed by atoms with Crippen molar-refractivity contribution in [1.29, 1.82) is 0 Å². The first-order chi connectivity index (χ1) is 8.08. The summed E-state index contributed by atoms with van der Waals surface area (Å²) in [5.41, 5.74) is 1.09. The van der Waals surface area contributed by atoms with Crippen LogP contribution >= 0.6 is 34.8 Å². The van der Waals surface area contributed by atoms with Gasteiger partial charge in [-0.25, -0.2) is 0 Å². The van der Waals surface area contributed by atoms with Gasteiger partial charge >= 0.3 is 0 Å². The molecule has 3 fully saturated rings. The molecule has 1 unspecified atom stereocenters. The Morgan fingerprint density at radius 1 is 1.00 bits per heavy atom. The minimum atomic E-state index is -0.836. The number of fused-ring (bicyclic) bond motifs is 3. The summed E-state index contributed by atoms with van der Waals surface area (Å²) < 4.78 is -0.836. The van der Waals surface area contributed by atoms with E-state index in [4.69, 9.17) is 34.8 Å². The van der Waals surface area contributed by atoms with Gasteiger partial charge in [-0.05, 0) is 37.2 Å². The van der Waals surface area contributed by atoms with E-state index in [1.807, 2.05) is 6.07 Å². The van der Waals surface area contributed by atoms with Gasteiger partial charge < -0.3 is 0 Å². The Bertz CT molecular complexity index is 405. The summed E-state index contributed by atoms with van der Waals surface area (Å²) >= 11 is 19.8. The number of benzene rings is 1. The molecule has 0 aromatic heterocycles. The Balaban J connectivity index is 2.11. The molecular formula is C14H15Cl3. The maximum atomic E-state index is 6.64. The first-order valence-corrected chi connectivity index (χ1v) is 7.34. The standard InChI is InChI=1S/C14H15Cl3/c15-12-10-6-8-13(9-7-10,14(12,16)17)11-4-2-1-3-5-11/h1-5,10,12H,6-9H2. The molecule has 0 saturated heterocycles. The molecular weight excluding hydrogens is 275 g/mol. The minimum Gasteiger partial charge on any atom is -0.119 e. The molecule has 3 heteroatoms. The maximum Gasteiger partial charge on any atom is 0.144 e. The molecule has 2 bridgehead atoms. The second-order valence-corrected chi connectivity index (χ2v) is 7.17. The molecule has 1 atom stereocenters. The van der Waals surface area contributed by atoms with E-state index in [1.54, 1.807) is 0 Å². The highest BCUT2D eigenvalue weighted by molar-refractivity contribution is 6.53. The van der Waals surface area contributed by atoms with E-state index < -0.39 is 4.33 Å². The molecule has 0 amide bonds. The largest absolute Gasteiger partial charge is 0.144 e. The van der Waals surface area contributed by atoms with Crippen LogP contribution in [0.1, 0.15) is 31.2 Å². The van der Waals surface area contributed by atoms with Crippen molar-refractivity contribution in [2.75, 3.05) is 0 Å². The predicted octanol–water partition coefficient (Wildman–Crippen LogP) is 4.91. The van der Waals surface area contributed by atoms with E-state index >= 15 is 0 Å². The zero-order valence-electron chi connectivity index (χ0n) is 9.50. The molecule has 0 heterocycles. The summed E-state index contributed by atoms with van der Waals surface area (Å²) in [5.74, 6) is 0.484. The Kier molecular flexibility index (Phi) is 2.89. The van der Waals surface area contributed by atoms with Crippen molar-refractivity contribution in [3.63, 3.8) is 0 Å². The Morgan fingerprint density at radius 3 is 2.18 bits per heavy atom. The predicted molar refractivity (Wildman–Crippen MR) is 74.2 cm³/mol. The lowest BCUT2D eigenvalue weighted by Crippen LogP contribution is -2.59. The molecule has 0 spiro atoms. The normalized spacial score (nSPS) is 39.2. The Morgan fingerprint density at radius 2 is 1.59 bits per heavy atom. The summed E-state index contributed by atoms with van der Waals surface area (Å²) in [6.45, 7) is 0. The van der Waals surface area contributed by atoms with E-state index in [1.165, 1.54) is 5.56 Å². The van der Waals surface area contributed by atoms with Gasteiger partial charge in [-0.15, -0.1) is 11.6 Å². The molecule has 0 aliphatic heterocycles. The average Bonchev–Trinajstić information content (AvgIpc) is 2.37. The molecule has 3 aliphatic rings. The van der Waals surface area contributed by atoms with E-state index in [0.717, 1.165) is 25.7 Å². The van der Waals surface area contributed by atoms with Gasteiger partial charge in [-0.1, -0.05) is 53.5 Å². The highest BCUT2D eigenvalue weighted by Crippen LogP contribution is 2.63. The van der Waals surface area contributed by atoms with Gasteiger partial charge in [0.15, 0.2) is 0 Å². The van der Waals surface area contributed by atoms with Crippen molar-refractivity contribution in [2.24, 2.45) is 5.92 Å². The van der Waals surface area contributed by atoms with E-state index in [0.29, 0.717) is 5.92 Å². The van der Waals surface area contributed by atoms with Crippen molar-refractivity contribution in [2.45, 2.75) is 40.8 Å². The van der Waals surface area contributed by atoms with E-state index in [2.05, 4.69) is 24.3 Å². The zero-order chi connectivity index (χ0) is 12.1. The lowest BCUT2D eigenvalue weighted by Gasteiger charge is -2.57. The lowest BCUT2D eigenvalue weighted by molar-refractivity contribution is 0.127. The van der Waals surface area contributed by atoms with Crippen LogP contribution in [0.2, 0.25) is 0 Å². The summed E-state index contributed by atoms with van der Waals surface area (Å²) in [5, 5.41) is -0.131. The third-order valence-electron chi connectivity index (χ3n) is 4.61. The fraction of sp³-hybridized carbons (Fsp3) is 0.571. The molecule has 3 aliphatic carbocycles. The molecule has 92 valence electrons. The first-order valence-electron chi connectivity index (χ1n) is 6.15. The number of halogens is 3. The third-order valence-corrected chi connectivity index (χ3v) is 6.71. The van der Waals surface area contributed by atoms with Crippen LogP contribution in [-0.4, -0.2) is 9.71 Å². The van der Waals surface area contributed by atoms with Crippen LogP contribution in [0.5, 0.6) is 0 Å². The SMILES string of the molecule is ClC1C2CCC(c3ccccc3)(CC2)C1(Cl)Cl. The topological polar surface area (TPSA) is 0 Å². The van der Waals surface area contributed by atoms with Crippen LogP contribution in [0, 0.1) is 5.92 Å². The molecule has 4 rings (SSSR count). The number of hydrogen-bond donors (Lipinski definition) is 0. The Labute approximate surface area is 117 Å². The van der Waals surface area contributed by atoms with Gasteiger partial charge in [0.1, 0.15) is 4.33 Å².